The standard InChI is InChI=1S/C18H20N2OS/c21-22-17-9-3-1-7-15(17)20(14-13-19-11-5-6-12-19)16-8-2-4-10-18(16)22/h1-4,7-10H,5-6,11-14H2. The molecule has 2 aliphatic heterocycles. The summed E-state index contributed by atoms with van der Waals surface area (Å²) >= 11 is 0. The molecule has 2 aromatic carbocycles. The van der Waals surface area contributed by atoms with Crippen molar-refractivity contribution in [1.29, 1.82) is 0 Å². The highest BCUT2D eigenvalue weighted by Gasteiger charge is 2.27. The maximum atomic E-state index is 12.8. The zero-order valence-electron chi connectivity index (χ0n) is 12.6. The van der Waals surface area contributed by atoms with Gasteiger partial charge < -0.3 is 9.80 Å². The predicted octanol–water partition coefficient (Wildman–Crippen LogP) is 3.40. The van der Waals surface area contributed by atoms with Crippen molar-refractivity contribution in [3.05, 3.63) is 48.5 Å². The molecule has 0 spiro atoms. The molecule has 0 bridgehead atoms. The fourth-order valence-corrected chi connectivity index (χ4v) is 4.79. The van der Waals surface area contributed by atoms with Crippen LogP contribution in [0.15, 0.2) is 58.3 Å². The summed E-state index contributed by atoms with van der Waals surface area (Å²) in [5, 5.41) is 0. The normalized spacial score (nSPS) is 18.3. The second-order valence-electron chi connectivity index (χ2n) is 5.90. The monoisotopic (exact) mass is 312 g/mol. The van der Waals surface area contributed by atoms with Gasteiger partial charge in [-0.25, -0.2) is 4.21 Å². The van der Waals surface area contributed by atoms with Gasteiger partial charge in [0.2, 0.25) is 0 Å². The SMILES string of the molecule is O=S1c2ccccc2N(CCN2CCCC2)c2ccccc21. The zero-order chi connectivity index (χ0) is 14.9. The van der Waals surface area contributed by atoms with Crippen molar-refractivity contribution in [3.8, 4) is 0 Å². The largest absolute Gasteiger partial charge is 0.338 e. The Kier molecular flexibility index (Phi) is 3.72. The fourth-order valence-electron chi connectivity index (χ4n) is 3.41. The van der Waals surface area contributed by atoms with Gasteiger partial charge in [0.1, 0.15) is 0 Å². The van der Waals surface area contributed by atoms with Crippen LogP contribution in [0.1, 0.15) is 12.8 Å². The summed E-state index contributed by atoms with van der Waals surface area (Å²) in [6.45, 7) is 4.44. The van der Waals surface area contributed by atoms with Crippen molar-refractivity contribution in [1.82, 2.24) is 4.90 Å². The van der Waals surface area contributed by atoms with E-state index in [0.29, 0.717) is 0 Å². The van der Waals surface area contributed by atoms with E-state index in [1.807, 2.05) is 36.4 Å². The van der Waals surface area contributed by atoms with Crippen molar-refractivity contribution < 1.29 is 4.21 Å². The highest BCUT2D eigenvalue weighted by Crippen LogP contribution is 2.41. The molecule has 0 amide bonds. The Labute approximate surface area is 134 Å². The maximum Gasteiger partial charge on any atom is 0.0892 e. The molecule has 1 fully saturated rings. The number of hydrogen-bond acceptors (Lipinski definition) is 3. The van der Waals surface area contributed by atoms with Gasteiger partial charge in [-0.2, -0.15) is 0 Å². The van der Waals surface area contributed by atoms with Crippen LogP contribution in [-0.4, -0.2) is 35.3 Å². The number of hydrogen-bond donors (Lipinski definition) is 0. The summed E-state index contributed by atoms with van der Waals surface area (Å²) in [7, 11) is -1.07. The van der Waals surface area contributed by atoms with E-state index in [1.54, 1.807) is 0 Å². The molecule has 3 nitrogen and oxygen atoms in total. The lowest BCUT2D eigenvalue weighted by Gasteiger charge is -2.33. The number of rotatable bonds is 3. The number of likely N-dealkylation sites (tertiary alicyclic amines) is 1. The van der Waals surface area contributed by atoms with Gasteiger partial charge in [-0.1, -0.05) is 24.3 Å². The minimum absolute atomic E-state index is 0.933. The molecule has 0 aliphatic carbocycles. The van der Waals surface area contributed by atoms with Crippen LogP contribution in [0.4, 0.5) is 11.4 Å². The van der Waals surface area contributed by atoms with Crippen molar-refractivity contribution in [2.45, 2.75) is 22.6 Å². The number of anilines is 2. The first kappa shape index (κ1) is 14.0. The lowest BCUT2D eigenvalue weighted by atomic mass is 10.2. The quantitative estimate of drug-likeness (QED) is 0.868. The molecule has 22 heavy (non-hydrogen) atoms. The van der Waals surface area contributed by atoms with E-state index in [-0.39, 0.29) is 0 Å². The second kappa shape index (κ2) is 5.86. The summed E-state index contributed by atoms with van der Waals surface area (Å²) in [4.78, 5) is 6.73. The molecule has 0 saturated carbocycles. The third-order valence-corrected chi connectivity index (χ3v) is 6.04. The van der Waals surface area contributed by atoms with Gasteiger partial charge >= 0.3 is 0 Å². The molecule has 4 rings (SSSR count). The summed E-state index contributed by atoms with van der Waals surface area (Å²) in [6.07, 6.45) is 2.63. The Morgan fingerprint density at radius 3 is 1.95 bits per heavy atom. The Morgan fingerprint density at radius 2 is 1.36 bits per heavy atom. The lowest BCUT2D eigenvalue weighted by molar-refractivity contribution is 0.348. The highest BCUT2D eigenvalue weighted by molar-refractivity contribution is 7.85. The minimum atomic E-state index is -1.07. The predicted molar refractivity (Wildman–Crippen MR) is 90.2 cm³/mol. The van der Waals surface area contributed by atoms with E-state index in [1.165, 1.54) is 25.9 Å². The molecule has 0 radical (unpaired) electrons. The number of benzene rings is 2. The van der Waals surface area contributed by atoms with Crippen molar-refractivity contribution in [2.24, 2.45) is 0 Å². The average molecular weight is 312 g/mol. The van der Waals surface area contributed by atoms with Gasteiger partial charge in [0, 0.05) is 13.1 Å². The number of nitrogens with zero attached hydrogens (tertiary/aromatic N) is 2. The van der Waals surface area contributed by atoms with Crippen LogP contribution in [0, 0.1) is 0 Å². The van der Waals surface area contributed by atoms with Crippen LogP contribution in [0.2, 0.25) is 0 Å². The molecule has 4 heteroatoms. The Morgan fingerprint density at radius 1 is 0.818 bits per heavy atom. The second-order valence-corrected chi connectivity index (χ2v) is 7.32. The molecule has 1 saturated heterocycles. The van der Waals surface area contributed by atoms with E-state index in [9.17, 15) is 4.21 Å². The molecule has 2 aliphatic rings. The van der Waals surface area contributed by atoms with Crippen LogP contribution in [-0.2, 0) is 10.8 Å². The third-order valence-electron chi connectivity index (χ3n) is 4.55. The summed E-state index contributed by atoms with van der Waals surface area (Å²) < 4.78 is 12.8. The van der Waals surface area contributed by atoms with E-state index in [0.717, 1.165) is 34.3 Å². The molecule has 2 aromatic rings. The molecule has 0 N–H and O–H groups in total. The van der Waals surface area contributed by atoms with Crippen molar-refractivity contribution in [3.63, 3.8) is 0 Å². The Hall–Kier alpha value is -1.65. The molecule has 2 heterocycles. The molecule has 0 unspecified atom stereocenters. The topological polar surface area (TPSA) is 23.6 Å². The molecule has 0 atom stereocenters. The highest BCUT2D eigenvalue weighted by atomic mass is 32.2. The van der Waals surface area contributed by atoms with E-state index in [2.05, 4.69) is 21.9 Å². The van der Waals surface area contributed by atoms with Crippen LogP contribution in [0.25, 0.3) is 0 Å². The molecule has 0 aromatic heterocycles. The van der Waals surface area contributed by atoms with Gasteiger partial charge in [-0.05, 0) is 50.2 Å². The van der Waals surface area contributed by atoms with Crippen LogP contribution >= 0.6 is 0 Å². The first-order valence-corrected chi connectivity index (χ1v) is 9.09. The van der Waals surface area contributed by atoms with Crippen molar-refractivity contribution >= 4 is 22.2 Å². The summed E-state index contributed by atoms with van der Waals surface area (Å²) in [5.74, 6) is 0. The molecule has 114 valence electrons. The van der Waals surface area contributed by atoms with Gasteiger partial charge in [-0.3, -0.25) is 0 Å². The van der Waals surface area contributed by atoms with E-state index < -0.39 is 10.8 Å². The lowest BCUT2D eigenvalue weighted by Crippen LogP contribution is -2.33. The van der Waals surface area contributed by atoms with Gasteiger partial charge in [-0.15, -0.1) is 0 Å². The Balaban J connectivity index is 1.70. The van der Waals surface area contributed by atoms with Crippen LogP contribution in [0.3, 0.4) is 0 Å². The average Bonchev–Trinajstić information content (AvgIpc) is 3.08. The van der Waals surface area contributed by atoms with E-state index >= 15 is 0 Å². The van der Waals surface area contributed by atoms with Gasteiger partial charge in [0.15, 0.2) is 0 Å². The van der Waals surface area contributed by atoms with Crippen molar-refractivity contribution in [2.75, 3.05) is 31.1 Å². The molecular formula is C18H20N2OS. The maximum absolute atomic E-state index is 12.8. The fraction of sp³-hybridized carbons (Fsp3) is 0.333. The number of para-hydroxylation sites is 2. The number of fused-ring (bicyclic) bond motifs is 2. The van der Waals surface area contributed by atoms with Gasteiger partial charge in [0.05, 0.1) is 32.0 Å². The smallest absolute Gasteiger partial charge is 0.0892 e. The van der Waals surface area contributed by atoms with Crippen LogP contribution < -0.4 is 4.90 Å². The van der Waals surface area contributed by atoms with E-state index in [4.69, 9.17) is 0 Å². The Bertz CT molecular complexity index is 660. The first-order valence-electron chi connectivity index (χ1n) is 7.94. The van der Waals surface area contributed by atoms with Gasteiger partial charge in [0.25, 0.3) is 0 Å². The third kappa shape index (κ3) is 2.36. The first-order chi connectivity index (χ1) is 10.8. The minimum Gasteiger partial charge on any atom is -0.338 e. The van der Waals surface area contributed by atoms with Crippen LogP contribution in [0.5, 0.6) is 0 Å². The summed E-state index contributed by atoms with van der Waals surface area (Å²) in [5.41, 5.74) is 2.19. The molecular weight excluding hydrogens is 292 g/mol. The summed E-state index contributed by atoms with van der Waals surface area (Å²) in [6, 6.07) is 16.2. The zero-order valence-corrected chi connectivity index (χ0v) is 13.4.